The predicted octanol–water partition coefficient (Wildman–Crippen LogP) is -0.224. The maximum absolute atomic E-state index is 12.2. The van der Waals surface area contributed by atoms with Gasteiger partial charge in [-0.3, -0.25) is 9.59 Å². The number of rotatable bonds is 3. The molecule has 18 heavy (non-hydrogen) atoms. The molecule has 3 heterocycles. The van der Waals surface area contributed by atoms with Gasteiger partial charge in [0.25, 0.3) is 0 Å². The summed E-state index contributed by atoms with van der Waals surface area (Å²) >= 11 is 1.74. The van der Waals surface area contributed by atoms with Crippen molar-refractivity contribution in [3.05, 3.63) is 0 Å². The Morgan fingerprint density at radius 1 is 1.61 bits per heavy atom. The quantitative estimate of drug-likeness (QED) is 0.743. The third-order valence-electron chi connectivity index (χ3n) is 4.18. The van der Waals surface area contributed by atoms with Crippen LogP contribution in [0.1, 0.15) is 19.8 Å². The van der Waals surface area contributed by atoms with Gasteiger partial charge in [-0.2, -0.15) is 0 Å². The van der Waals surface area contributed by atoms with E-state index in [-0.39, 0.29) is 22.7 Å². The van der Waals surface area contributed by atoms with Crippen LogP contribution in [0.3, 0.4) is 0 Å². The fourth-order valence-corrected chi connectivity index (χ4v) is 4.30. The highest BCUT2D eigenvalue weighted by Gasteiger charge is 2.52. The van der Waals surface area contributed by atoms with Gasteiger partial charge in [0.2, 0.25) is 11.8 Å². The van der Waals surface area contributed by atoms with Gasteiger partial charge in [0.05, 0.1) is 4.87 Å². The van der Waals surface area contributed by atoms with Crippen LogP contribution in [-0.4, -0.2) is 53.0 Å². The minimum absolute atomic E-state index is 0.0216. The van der Waals surface area contributed by atoms with Crippen molar-refractivity contribution in [2.75, 3.05) is 25.4 Å². The highest BCUT2D eigenvalue weighted by molar-refractivity contribution is 8.01. The Kier molecular flexibility index (Phi) is 3.02. The third kappa shape index (κ3) is 1.91. The van der Waals surface area contributed by atoms with E-state index in [9.17, 15) is 9.59 Å². The summed E-state index contributed by atoms with van der Waals surface area (Å²) in [6.45, 7) is 4.78. The number of fused-ring (bicyclic) bond motifs is 1. The second kappa shape index (κ2) is 4.42. The fraction of sp³-hybridized carbons (Fsp3) is 0.833. The second-order valence-electron chi connectivity index (χ2n) is 5.53. The Morgan fingerprint density at radius 3 is 3.06 bits per heavy atom. The number of hydrogen-bond donors (Lipinski definition) is 2. The van der Waals surface area contributed by atoms with Crippen molar-refractivity contribution >= 4 is 23.6 Å². The van der Waals surface area contributed by atoms with Crippen LogP contribution in [0.5, 0.6) is 0 Å². The fourth-order valence-electron chi connectivity index (χ4n) is 2.87. The molecular weight excluding hydrogens is 250 g/mol. The van der Waals surface area contributed by atoms with Crippen LogP contribution >= 0.6 is 11.8 Å². The molecule has 0 saturated carbocycles. The topological polar surface area (TPSA) is 61.4 Å². The highest BCUT2D eigenvalue weighted by atomic mass is 32.2. The molecule has 100 valence electrons. The molecule has 0 aromatic carbocycles. The molecule has 2 amide bonds. The minimum Gasteiger partial charge on any atom is -0.354 e. The van der Waals surface area contributed by atoms with Gasteiger partial charge in [-0.1, -0.05) is 0 Å². The third-order valence-corrected chi connectivity index (χ3v) is 5.68. The van der Waals surface area contributed by atoms with Crippen molar-refractivity contribution in [3.63, 3.8) is 0 Å². The van der Waals surface area contributed by atoms with E-state index >= 15 is 0 Å². The lowest BCUT2D eigenvalue weighted by molar-refractivity contribution is -0.138. The van der Waals surface area contributed by atoms with Crippen molar-refractivity contribution in [1.29, 1.82) is 0 Å². The van der Waals surface area contributed by atoms with Crippen molar-refractivity contribution in [3.8, 4) is 0 Å². The summed E-state index contributed by atoms with van der Waals surface area (Å²) < 4.78 is 0. The molecule has 3 aliphatic heterocycles. The van der Waals surface area contributed by atoms with Gasteiger partial charge < -0.3 is 15.5 Å². The van der Waals surface area contributed by atoms with E-state index < -0.39 is 0 Å². The van der Waals surface area contributed by atoms with E-state index in [2.05, 4.69) is 17.6 Å². The average Bonchev–Trinajstić information content (AvgIpc) is 2.75. The number of amides is 2. The van der Waals surface area contributed by atoms with Gasteiger partial charge in [-0.05, 0) is 13.3 Å². The number of nitrogens with one attached hydrogen (secondary N) is 2. The van der Waals surface area contributed by atoms with E-state index in [1.807, 2.05) is 4.90 Å². The number of carbonyl (C=O) groups is 2. The van der Waals surface area contributed by atoms with E-state index in [0.717, 1.165) is 31.8 Å². The average molecular weight is 269 g/mol. The predicted molar refractivity (Wildman–Crippen MR) is 70.1 cm³/mol. The lowest BCUT2D eigenvalue weighted by atomic mass is 10.0. The zero-order valence-electron chi connectivity index (χ0n) is 10.6. The summed E-state index contributed by atoms with van der Waals surface area (Å²) in [5.41, 5.74) is 0. The summed E-state index contributed by atoms with van der Waals surface area (Å²) in [6.07, 6.45) is 1.45. The first-order valence-electron chi connectivity index (χ1n) is 6.55. The monoisotopic (exact) mass is 269 g/mol. The summed E-state index contributed by atoms with van der Waals surface area (Å²) in [5, 5.41) is 6.18. The molecule has 3 aliphatic rings. The summed E-state index contributed by atoms with van der Waals surface area (Å²) in [6, 6.07) is -0.261. The Bertz CT molecular complexity index is 386. The first-order chi connectivity index (χ1) is 8.60. The van der Waals surface area contributed by atoms with E-state index in [1.165, 1.54) is 0 Å². The van der Waals surface area contributed by atoms with E-state index in [4.69, 9.17) is 0 Å². The molecule has 0 bridgehead atoms. The number of nitrogens with zero attached hydrogens (tertiary/aromatic N) is 1. The molecule has 2 unspecified atom stereocenters. The van der Waals surface area contributed by atoms with E-state index in [0.29, 0.717) is 12.3 Å². The zero-order valence-corrected chi connectivity index (χ0v) is 11.4. The number of carbonyl (C=O) groups excluding carboxylic acids is 2. The van der Waals surface area contributed by atoms with Gasteiger partial charge in [-0.25, -0.2) is 0 Å². The lowest BCUT2D eigenvalue weighted by Crippen LogP contribution is -2.53. The standard InChI is InChI=1S/C12H19N3O2S/c1-12-3-2-10(16)15(12)9(7-18-12)11(17)14-6-8-4-13-5-8/h8-9,13H,2-7H2,1H3,(H,14,17). The molecule has 0 spiro atoms. The molecule has 3 rings (SSSR count). The SMILES string of the molecule is CC12CCC(=O)N1C(C(=O)NCC1CNC1)CS2. The molecule has 3 saturated heterocycles. The normalized spacial score (nSPS) is 35.5. The largest absolute Gasteiger partial charge is 0.354 e. The zero-order chi connectivity index (χ0) is 12.8. The number of hydrogen-bond acceptors (Lipinski definition) is 4. The van der Waals surface area contributed by atoms with Crippen LogP contribution in [0.2, 0.25) is 0 Å². The molecule has 0 aromatic rings. The van der Waals surface area contributed by atoms with Gasteiger partial charge in [0.15, 0.2) is 0 Å². The van der Waals surface area contributed by atoms with Gasteiger partial charge >= 0.3 is 0 Å². The lowest BCUT2D eigenvalue weighted by Gasteiger charge is -2.31. The van der Waals surface area contributed by atoms with E-state index in [1.54, 1.807) is 11.8 Å². The van der Waals surface area contributed by atoms with Gasteiger partial charge in [-0.15, -0.1) is 11.8 Å². The van der Waals surface area contributed by atoms with Crippen LogP contribution < -0.4 is 10.6 Å². The first kappa shape index (κ1) is 12.3. The molecule has 6 heteroatoms. The molecule has 3 fully saturated rings. The Hall–Kier alpha value is -0.750. The van der Waals surface area contributed by atoms with Gasteiger partial charge in [0, 0.05) is 37.7 Å². The molecular formula is C12H19N3O2S. The summed E-state index contributed by atoms with van der Waals surface area (Å²) in [4.78, 5) is 25.8. The Morgan fingerprint density at radius 2 is 2.39 bits per heavy atom. The number of thioether (sulfide) groups is 1. The maximum atomic E-state index is 12.2. The van der Waals surface area contributed by atoms with Crippen molar-refractivity contribution in [2.24, 2.45) is 5.92 Å². The molecule has 5 nitrogen and oxygen atoms in total. The van der Waals surface area contributed by atoms with Crippen LogP contribution in [0.4, 0.5) is 0 Å². The molecule has 2 N–H and O–H groups in total. The highest BCUT2D eigenvalue weighted by Crippen LogP contribution is 2.47. The van der Waals surface area contributed by atoms with Crippen molar-refractivity contribution in [2.45, 2.75) is 30.7 Å². The van der Waals surface area contributed by atoms with Crippen LogP contribution in [-0.2, 0) is 9.59 Å². The van der Waals surface area contributed by atoms with Crippen molar-refractivity contribution in [1.82, 2.24) is 15.5 Å². The van der Waals surface area contributed by atoms with Gasteiger partial charge in [0.1, 0.15) is 6.04 Å². The van der Waals surface area contributed by atoms with Crippen LogP contribution in [0.25, 0.3) is 0 Å². The van der Waals surface area contributed by atoms with Crippen molar-refractivity contribution < 1.29 is 9.59 Å². The molecule has 0 radical (unpaired) electrons. The maximum Gasteiger partial charge on any atom is 0.243 e. The minimum atomic E-state index is -0.261. The smallest absolute Gasteiger partial charge is 0.243 e. The Balaban J connectivity index is 1.61. The second-order valence-corrected chi connectivity index (χ2v) is 7.04. The summed E-state index contributed by atoms with van der Waals surface area (Å²) in [7, 11) is 0. The summed E-state index contributed by atoms with van der Waals surface area (Å²) in [5.74, 6) is 1.45. The van der Waals surface area contributed by atoms with Crippen LogP contribution in [0, 0.1) is 5.92 Å². The molecule has 0 aliphatic carbocycles. The van der Waals surface area contributed by atoms with Crippen LogP contribution in [0.15, 0.2) is 0 Å². The molecule has 0 aromatic heterocycles. The Labute approximate surface area is 111 Å². The first-order valence-corrected chi connectivity index (χ1v) is 7.53. The molecule has 2 atom stereocenters.